The first-order valence-corrected chi connectivity index (χ1v) is 7.33. The minimum absolute atomic E-state index is 0.0200. The Morgan fingerprint density at radius 1 is 1.59 bits per heavy atom. The van der Waals surface area contributed by atoms with Crippen molar-refractivity contribution in [2.75, 3.05) is 6.54 Å². The zero-order valence-electron chi connectivity index (χ0n) is 9.55. The van der Waals surface area contributed by atoms with Crippen LogP contribution in [0.5, 0.6) is 0 Å². The monoisotopic (exact) mass is 279 g/mol. The first-order valence-electron chi connectivity index (χ1n) is 5.02. The van der Waals surface area contributed by atoms with Crippen LogP contribution in [-0.4, -0.2) is 30.4 Å². The van der Waals surface area contributed by atoms with Crippen LogP contribution < -0.4 is 5.32 Å². The van der Waals surface area contributed by atoms with E-state index >= 15 is 0 Å². The Bertz CT molecular complexity index is 495. The zero-order valence-corrected chi connectivity index (χ0v) is 11.1. The molecule has 0 fully saturated rings. The maximum absolute atomic E-state index is 11.4. The van der Waals surface area contributed by atoms with Crippen LogP contribution in [-0.2, 0) is 20.4 Å². The van der Waals surface area contributed by atoms with E-state index < -0.39 is 9.05 Å². The van der Waals surface area contributed by atoms with Crippen molar-refractivity contribution < 1.29 is 13.2 Å². The Morgan fingerprint density at radius 2 is 2.24 bits per heavy atom. The molecule has 0 aliphatic rings. The average molecular weight is 280 g/mol. The molecule has 0 aliphatic carbocycles. The van der Waals surface area contributed by atoms with Gasteiger partial charge in [-0.15, -0.1) is 0 Å². The maximum Gasteiger partial charge on any atom is 0.280 e. The van der Waals surface area contributed by atoms with Gasteiger partial charge in [0, 0.05) is 23.4 Å². The first-order chi connectivity index (χ1) is 7.79. The second kappa shape index (κ2) is 5.50. The lowest BCUT2D eigenvalue weighted by Gasteiger charge is -2.07. The van der Waals surface area contributed by atoms with Gasteiger partial charge in [-0.1, -0.05) is 13.8 Å². The third kappa shape index (κ3) is 4.74. The lowest BCUT2D eigenvalue weighted by molar-refractivity contribution is -0.121. The smallest absolute Gasteiger partial charge is 0.280 e. The number of rotatable bonds is 5. The zero-order chi connectivity index (χ0) is 13.1. The summed E-state index contributed by atoms with van der Waals surface area (Å²) in [6, 6.07) is 0. The van der Waals surface area contributed by atoms with Crippen molar-refractivity contribution in [3.05, 3.63) is 12.5 Å². The Hall–Kier alpha value is -1.08. The molecule has 0 saturated heterocycles. The number of amides is 1. The van der Waals surface area contributed by atoms with Gasteiger partial charge >= 0.3 is 0 Å². The van der Waals surface area contributed by atoms with Crippen molar-refractivity contribution in [1.82, 2.24) is 14.9 Å². The van der Waals surface area contributed by atoms with Crippen molar-refractivity contribution in [3.63, 3.8) is 0 Å². The maximum atomic E-state index is 11.4. The molecule has 0 spiro atoms. The summed E-state index contributed by atoms with van der Waals surface area (Å²) in [7, 11) is 1.27. The van der Waals surface area contributed by atoms with Crippen LogP contribution in [0.1, 0.15) is 13.8 Å². The number of aromatic nitrogens is 2. The molecule has 1 N–H and O–H groups in total. The fourth-order valence-electron chi connectivity index (χ4n) is 1.09. The number of hydrogen-bond acceptors (Lipinski definition) is 4. The summed E-state index contributed by atoms with van der Waals surface area (Å²) in [5.74, 6) is 0.162. The molecule has 17 heavy (non-hydrogen) atoms. The summed E-state index contributed by atoms with van der Waals surface area (Å²) < 4.78 is 23.2. The summed E-state index contributed by atoms with van der Waals surface area (Å²) in [6.07, 6.45) is 2.47. The highest BCUT2D eigenvalue weighted by Crippen LogP contribution is 2.10. The molecule has 0 radical (unpaired) electrons. The highest BCUT2D eigenvalue weighted by atomic mass is 35.7. The fraction of sp³-hybridized carbons (Fsp3) is 0.556. The van der Waals surface area contributed by atoms with Gasteiger partial charge in [0.1, 0.15) is 6.54 Å². The van der Waals surface area contributed by atoms with Gasteiger partial charge in [0.15, 0.2) is 5.03 Å². The topological polar surface area (TPSA) is 81.1 Å². The van der Waals surface area contributed by atoms with E-state index in [1.54, 1.807) is 0 Å². The van der Waals surface area contributed by atoms with Gasteiger partial charge in [-0.05, 0) is 5.92 Å². The van der Waals surface area contributed by atoms with E-state index in [0.717, 1.165) is 0 Å². The molecule has 0 saturated carbocycles. The number of nitrogens with one attached hydrogen (secondary N) is 1. The van der Waals surface area contributed by atoms with Gasteiger partial charge in [0.2, 0.25) is 5.91 Å². The molecule has 1 heterocycles. The van der Waals surface area contributed by atoms with Crippen LogP contribution in [0.25, 0.3) is 0 Å². The Balaban J connectivity index is 2.58. The lowest BCUT2D eigenvalue weighted by Crippen LogP contribution is -2.30. The molecule has 8 heteroatoms. The van der Waals surface area contributed by atoms with Crippen molar-refractivity contribution in [2.45, 2.75) is 25.4 Å². The molecule has 0 aliphatic heterocycles. The number of hydrogen-bond donors (Lipinski definition) is 1. The molecule has 6 nitrogen and oxygen atoms in total. The van der Waals surface area contributed by atoms with E-state index in [2.05, 4.69) is 10.3 Å². The fourth-order valence-corrected chi connectivity index (χ4v) is 1.77. The van der Waals surface area contributed by atoms with Crippen LogP contribution in [0, 0.1) is 5.92 Å². The first kappa shape index (κ1) is 14.0. The number of halogens is 1. The minimum Gasteiger partial charge on any atom is -0.354 e. The normalized spacial score (nSPS) is 11.8. The Labute approximate surface area is 104 Å². The predicted octanol–water partition coefficient (Wildman–Crippen LogP) is 0.583. The Morgan fingerprint density at radius 3 is 2.71 bits per heavy atom. The Kier molecular flexibility index (Phi) is 4.53. The second-order valence-electron chi connectivity index (χ2n) is 4.02. The third-order valence-electron chi connectivity index (χ3n) is 1.89. The standard InChI is InChI=1S/C9H14ClN3O3S/c1-7(2)3-11-8(14)4-13-5-9(12-6-13)17(10,15)16/h5-7H,3-4H2,1-2H3,(H,11,14). The van der Waals surface area contributed by atoms with Gasteiger partial charge in [0.25, 0.3) is 9.05 Å². The summed E-state index contributed by atoms with van der Waals surface area (Å²) in [5, 5.41) is 2.45. The molecular formula is C9H14ClN3O3S. The molecule has 0 aromatic carbocycles. The van der Waals surface area contributed by atoms with E-state index in [1.807, 2.05) is 13.8 Å². The molecule has 0 atom stereocenters. The van der Waals surface area contributed by atoms with Crippen LogP contribution in [0.2, 0.25) is 0 Å². The van der Waals surface area contributed by atoms with Crippen molar-refractivity contribution in [2.24, 2.45) is 5.92 Å². The molecule has 1 aromatic rings. The number of carbonyl (C=O) groups is 1. The van der Waals surface area contributed by atoms with Crippen molar-refractivity contribution in [3.8, 4) is 0 Å². The molecule has 96 valence electrons. The third-order valence-corrected chi connectivity index (χ3v) is 3.08. The van der Waals surface area contributed by atoms with Gasteiger partial charge in [-0.25, -0.2) is 13.4 Å². The number of carbonyl (C=O) groups excluding carboxylic acids is 1. The van der Waals surface area contributed by atoms with Gasteiger partial charge in [-0.3, -0.25) is 4.79 Å². The van der Waals surface area contributed by atoms with Crippen LogP contribution in [0.3, 0.4) is 0 Å². The van der Waals surface area contributed by atoms with E-state index in [0.29, 0.717) is 12.5 Å². The number of imidazole rings is 1. The molecule has 0 bridgehead atoms. The van der Waals surface area contributed by atoms with Crippen molar-refractivity contribution >= 4 is 25.6 Å². The summed E-state index contributed by atoms with van der Waals surface area (Å²) in [5.41, 5.74) is 0. The number of nitrogens with zero attached hydrogens (tertiary/aromatic N) is 2. The summed E-state index contributed by atoms with van der Waals surface area (Å²) in [4.78, 5) is 15.0. The van der Waals surface area contributed by atoms with Crippen molar-refractivity contribution in [1.29, 1.82) is 0 Å². The molecule has 1 rings (SSSR count). The van der Waals surface area contributed by atoms with E-state index in [4.69, 9.17) is 10.7 Å². The predicted molar refractivity (Wildman–Crippen MR) is 63.1 cm³/mol. The van der Waals surface area contributed by atoms with Crippen LogP contribution in [0.15, 0.2) is 17.6 Å². The van der Waals surface area contributed by atoms with Crippen LogP contribution >= 0.6 is 10.7 Å². The molecular weight excluding hydrogens is 266 g/mol. The largest absolute Gasteiger partial charge is 0.354 e. The highest BCUT2D eigenvalue weighted by Gasteiger charge is 2.14. The van der Waals surface area contributed by atoms with Gasteiger partial charge in [0.05, 0.1) is 6.33 Å². The molecule has 0 unspecified atom stereocenters. The van der Waals surface area contributed by atoms with E-state index in [-0.39, 0.29) is 17.5 Å². The van der Waals surface area contributed by atoms with E-state index in [9.17, 15) is 13.2 Å². The van der Waals surface area contributed by atoms with Crippen LogP contribution in [0.4, 0.5) is 0 Å². The molecule has 1 amide bonds. The minimum atomic E-state index is -3.83. The average Bonchev–Trinajstić information content (AvgIpc) is 2.62. The second-order valence-corrected chi connectivity index (χ2v) is 6.53. The summed E-state index contributed by atoms with van der Waals surface area (Å²) >= 11 is 0. The highest BCUT2D eigenvalue weighted by molar-refractivity contribution is 8.13. The molecule has 1 aromatic heterocycles. The quantitative estimate of drug-likeness (QED) is 0.800. The lowest BCUT2D eigenvalue weighted by atomic mass is 10.2. The van der Waals surface area contributed by atoms with E-state index in [1.165, 1.54) is 17.1 Å². The van der Waals surface area contributed by atoms with Gasteiger partial charge in [-0.2, -0.15) is 0 Å². The SMILES string of the molecule is CC(C)CNC(=O)Cn1cnc(S(=O)(=O)Cl)c1. The van der Waals surface area contributed by atoms with Gasteiger partial charge < -0.3 is 9.88 Å². The summed E-state index contributed by atoms with van der Waals surface area (Å²) in [6.45, 7) is 4.56.